The van der Waals surface area contributed by atoms with Crippen molar-refractivity contribution >= 4 is 29.0 Å². The number of hydrogen-bond donors (Lipinski definition) is 0. The summed E-state index contributed by atoms with van der Waals surface area (Å²) in [6.07, 6.45) is -5.02. The summed E-state index contributed by atoms with van der Waals surface area (Å²) in [6.45, 7) is 1.47. The van der Waals surface area contributed by atoms with Crippen LogP contribution >= 0.6 is 7.26 Å². The number of carbonyl (C=O) groups is 1. The lowest BCUT2D eigenvalue weighted by Gasteiger charge is -2.42. The third-order valence-corrected chi connectivity index (χ3v) is 11.2. The molecule has 0 N–H and O–H groups in total. The van der Waals surface area contributed by atoms with Crippen LogP contribution in [0.1, 0.15) is 12.5 Å². The Balaban J connectivity index is 2.25. The standard InChI is InChI=1S/C28H23F3OP/c1-27(26(32)28(29,30)31,22-14-6-2-7-15-22)33(23-16-8-3-9-17-23,24-18-10-4-11-19-24)25-20-12-5-13-21-25/h2-21H,1H3/q+1. The van der Waals surface area contributed by atoms with E-state index >= 15 is 0 Å². The molecular formula is C28H23F3OP+. The summed E-state index contributed by atoms with van der Waals surface area (Å²) in [6, 6.07) is 35.9. The van der Waals surface area contributed by atoms with Crippen molar-refractivity contribution < 1.29 is 18.0 Å². The average Bonchev–Trinajstić information content (AvgIpc) is 2.86. The van der Waals surface area contributed by atoms with Gasteiger partial charge in [-0.3, -0.25) is 4.79 Å². The topological polar surface area (TPSA) is 17.1 Å². The van der Waals surface area contributed by atoms with Crippen LogP contribution in [0.25, 0.3) is 0 Å². The van der Waals surface area contributed by atoms with Crippen LogP contribution in [0, 0.1) is 0 Å². The molecule has 0 aliphatic carbocycles. The summed E-state index contributed by atoms with van der Waals surface area (Å²) in [7, 11) is -3.22. The van der Waals surface area contributed by atoms with Gasteiger partial charge in [0, 0.05) is 5.56 Å². The Bertz CT molecular complexity index is 1110. The van der Waals surface area contributed by atoms with E-state index in [4.69, 9.17) is 0 Å². The van der Waals surface area contributed by atoms with E-state index in [1.165, 1.54) is 6.92 Å². The van der Waals surface area contributed by atoms with Gasteiger partial charge in [0.2, 0.25) is 0 Å². The van der Waals surface area contributed by atoms with E-state index in [1.807, 2.05) is 91.0 Å². The van der Waals surface area contributed by atoms with Gasteiger partial charge in [0.25, 0.3) is 5.78 Å². The van der Waals surface area contributed by atoms with Crippen molar-refractivity contribution in [2.24, 2.45) is 0 Å². The molecule has 1 unspecified atom stereocenters. The first-order valence-electron chi connectivity index (χ1n) is 10.6. The molecule has 0 aromatic heterocycles. The van der Waals surface area contributed by atoms with E-state index in [0.29, 0.717) is 21.5 Å². The number of Topliss-reactive ketones (excluding diaryl/α,β-unsaturated/α-hetero) is 1. The van der Waals surface area contributed by atoms with Crippen molar-refractivity contribution in [2.75, 3.05) is 0 Å². The predicted molar refractivity (Wildman–Crippen MR) is 130 cm³/mol. The van der Waals surface area contributed by atoms with E-state index in [2.05, 4.69) is 0 Å². The summed E-state index contributed by atoms with van der Waals surface area (Å²) in [5.41, 5.74) is 0.345. The molecule has 0 saturated heterocycles. The average molecular weight is 463 g/mol. The monoisotopic (exact) mass is 463 g/mol. The van der Waals surface area contributed by atoms with Gasteiger partial charge in [0.15, 0.2) is 5.16 Å². The molecule has 0 spiro atoms. The Morgan fingerprint density at radius 1 is 0.576 bits per heavy atom. The summed E-state index contributed by atoms with van der Waals surface area (Å²) in [4.78, 5) is 13.6. The van der Waals surface area contributed by atoms with Gasteiger partial charge >= 0.3 is 6.18 Å². The Morgan fingerprint density at radius 3 is 1.18 bits per heavy atom. The van der Waals surface area contributed by atoms with Crippen LogP contribution < -0.4 is 15.9 Å². The first-order chi connectivity index (χ1) is 15.8. The third-order valence-electron chi connectivity index (χ3n) is 6.14. The molecule has 0 amide bonds. The van der Waals surface area contributed by atoms with Crippen molar-refractivity contribution in [3.05, 3.63) is 127 Å². The second-order valence-corrected chi connectivity index (χ2v) is 11.7. The summed E-state index contributed by atoms with van der Waals surface area (Å²) in [5, 5.41) is 0.250. The molecule has 4 aromatic rings. The zero-order valence-electron chi connectivity index (χ0n) is 18.0. The molecule has 0 heterocycles. The molecule has 1 atom stereocenters. The number of carbonyl (C=O) groups excluding carboxylic acids is 1. The zero-order chi connectivity index (χ0) is 23.5. The van der Waals surface area contributed by atoms with Gasteiger partial charge in [0.05, 0.1) is 0 Å². The number of ketones is 1. The molecule has 0 radical (unpaired) electrons. The Labute approximate surface area is 192 Å². The molecule has 33 heavy (non-hydrogen) atoms. The molecule has 166 valence electrons. The van der Waals surface area contributed by atoms with Crippen molar-refractivity contribution in [1.82, 2.24) is 0 Å². The maximum absolute atomic E-state index is 14.4. The number of alkyl halides is 3. The number of benzene rings is 4. The van der Waals surface area contributed by atoms with Gasteiger partial charge in [-0.2, -0.15) is 13.2 Å². The normalized spacial score (nSPS) is 13.8. The first kappa shape index (κ1) is 22.9. The van der Waals surface area contributed by atoms with E-state index in [-0.39, 0.29) is 0 Å². The van der Waals surface area contributed by atoms with Gasteiger partial charge in [-0.1, -0.05) is 84.9 Å². The van der Waals surface area contributed by atoms with Gasteiger partial charge < -0.3 is 0 Å². The summed E-state index contributed by atoms with van der Waals surface area (Å²) >= 11 is 0. The second-order valence-electron chi connectivity index (χ2n) is 7.94. The van der Waals surface area contributed by atoms with E-state index in [0.717, 1.165) is 0 Å². The lowest BCUT2D eigenvalue weighted by molar-refractivity contribution is -0.173. The molecule has 5 heteroatoms. The number of hydrogen-bond acceptors (Lipinski definition) is 1. The maximum Gasteiger partial charge on any atom is 0.454 e. The van der Waals surface area contributed by atoms with Crippen molar-refractivity contribution in [3.63, 3.8) is 0 Å². The largest absolute Gasteiger partial charge is 0.454 e. The van der Waals surface area contributed by atoms with E-state index in [1.54, 1.807) is 30.3 Å². The minimum Gasteiger partial charge on any atom is -0.284 e. The van der Waals surface area contributed by atoms with Gasteiger partial charge in [-0.15, -0.1) is 0 Å². The summed E-state index contributed by atoms with van der Waals surface area (Å²) in [5.74, 6) is -1.74. The fourth-order valence-electron chi connectivity index (χ4n) is 4.69. The molecule has 0 aliphatic heterocycles. The van der Waals surface area contributed by atoms with Gasteiger partial charge in [-0.05, 0) is 43.3 Å². The van der Waals surface area contributed by atoms with E-state index in [9.17, 15) is 18.0 Å². The number of rotatable bonds is 6. The van der Waals surface area contributed by atoms with Crippen molar-refractivity contribution in [2.45, 2.75) is 18.3 Å². The van der Waals surface area contributed by atoms with Crippen molar-refractivity contribution in [1.29, 1.82) is 0 Å². The van der Waals surface area contributed by atoms with Gasteiger partial charge in [-0.25, -0.2) is 0 Å². The zero-order valence-corrected chi connectivity index (χ0v) is 18.9. The smallest absolute Gasteiger partial charge is 0.284 e. The highest BCUT2D eigenvalue weighted by atomic mass is 31.2. The molecule has 4 rings (SSSR count). The lowest BCUT2D eigenvalue weighted by atomic mass is 9.95. The van der Waals surface area contributed by atoms with Crippen LogP contribution in [-0.4, -0.2) is 12.0 Å². The lowest BCUT2D eigenvalue weighted by Crippen LogP contribution is -2.52. The molecule has 1 nitrogen and oxygen atoms in total. The molecule has 0 bridgehead atoms. The van der Waals surface area contributed by atoms with Crippen LogP contribution in [0.3, 0.4) is 0 Å². The predicted octanol–water partition coefficient (Wildman–Crippen LogP) is 6.03. The quantitative estimate of drug-likeness (QED) is 0.319. The highest BCUT2D eigenvalue weighted by Crippen LogP contribution is 2.71. The second kappa shape index (κ2) is 8.96. The van der Waals surface area contributed by atoms with Crippen LogP contribution in [0.2, 0.25) is 0 Å². The highest BCUT2D eigenvalue weighted by molar-refractivity contribution is 7.97. The van der Waals surface area contributed by atoms with Crippen molar-refractivity contribution in [3.8, 4) is 0 Å². The maximum atomic E-state index is 14.4. The van der Waals surface area contributed by atoms with E-state index < -0.39 is 24.4 Å². The van der Waals surface area contributed by atoms with Crippen LogP contribution in [0.5, 0.6) is 0 Å². The Kier molecular flexibility index (Phi) is 6.23. The minimum absolute atomic E-state index is 0.345. The fraction of sp³-hybridized carbons (Fsp3) is 0.107. The molecule has 0 saturated carbocycles. The molecule has 0 aliphatic rings. The fourth-order valence-corrected chi connectivity index (χ4v) is 9.96. The molecular weight excluding hydrogens is 440 g/mol. The van der Waals surface area contributed by atoms with Gasteiger partial charge in [0.1, 0.15) is 23.2 Å². The SMILES string of the molecule is CC(C(=O)C(F)(F)F)(c1ccccc1)[P+](c1ccccc1)(c1ccccc1)c1ccccc1. The summed E-state index contributed by atoms with van der Waals surface area (Å²) < 4.78 is 43.1. The third kappa shape index (κ3) is 3.79. The van der Waals surface area contributed by atoms with Crippen LogP contribution in [0.15, 0.2) is 121 Å². The minimum atomic E-state index is -5.02. The molecule has 0 fully saturated rings. The first-order valence-corrected chi connectivity index (χ1v) is 12.3. The Hall–Kier alpha value is -3.23. The highest BCUT2D eigenvalue weighted by Gasteiger charge is 2.70. The van der Waals surface area contributed by atoms with Crippen LogP contribution in [0.4, 0.5) is 13.2 Å². The molecule has 4 aromatic carbocycles. The Morgan fingerprint density at radius 2 is 0.879 bits per heavy atom. The number of halogens is 3. The van der Waals surface area contributed by atoms with Crippen LogP contribution in [-0.2, 0) is 9.95 Å².